The van der Waals surface area contributed by atoms with Crippen molar-refractivity contribution in [3.63, 3.8) is 0 Å². The lowest BCUT2D eigenvalue weighted by Crippen LogP contribution is -2.62. The Morgan fingerprint density at radius 2 is 1.82 bits per heavy atom. The molecule has 0 bridgehead atoms. The van der Waals surface area contributed by atoms with E-state index < -0.39 is 17.1 Å². The second-order valence-electron chi connectivity index (χ2n) is 13.9. The van der Waals surface area contributed by atoms with E-state index in [-0.39, 0.29) is 34.7 Å². The van der Waals surface area contributed by atoms with Crippen LogP contribution < -0.4 is 0 Å². The van der Waals surface area contributed by atoms with Gasteiger partial charge in [0.25, 0.3) is 0 Å². The molecule has 6 unspecified atom stereocenters. The molecule has 4 aliphatic rings. The fraction of sp³-hybridized carbons (Fsp3) is 0.444. The van der Waals surface area contributed by atoms with Crippen LogP contribution in [0, 0.1) is 28.6 Å². The number of aliphatic hydroxyl groups is 2. The van der Waals surface area contributed by atoms with Gasteiger partial charge in [-0.15, -0.1) is 0 Å². The van der Waals surface area contributed by atoms with Crippen molar-refractivity contribution in [1.82, 2.24) is 19.7 Å². The molecule has 2 aromatic carbocycles. The van der Waals surface area contributed by atoms with Gasteiger partial charge in [-0.05, 0) is 97.6 Å². The van der Waals surface area contributed by atoms with Crippen molar-refractivity contribution in [3.05, 3.63) is 83.8 Å². The van der Waals surface area contributed by atoms with Crippen LogP contribution in [0.25, 0.3) is 22.8 Å². The first kappa shape index (κ1) is 28.2. The highest BCUT2D eigenvalue weighted by atomic mass is 32.2. The molecule has 8 heteroatoms. The highest BCUT2D eigenvalue weighted by Crippen LogP contribution is 2.67. The Balaban J connectivity index is 1.04. The molecule has 7 nitrogen and oxygen atoms in total. The number of aromatic nitrogens is 4. The molecule has 4 aliphatic carbocycles. The molecule has 0 aliphatic heterocycles. The number of nitrogens with zero attached hydrogens (tertiary/aromatic N) is 4. The van der Waals surface area contributed by atoms with Gasteiger partial charge in [-0.25, -0.2) is 9.67 Å². The third kappa shape index (κ3) is 4.03. The molecule has 0 amide bonds. The number of carbonyl (C=O) groups excluding carboxylic acids is 1. The largest absolute Gasteiger partial charge is 0.393 e. The number of thioether (sulfide) groups is 1. The van der Waals surface area contributed by atoms with Crippen LogP contribution in [0.3, 0.4) is 0 Å². The molecule has 8 rings (SSSR count). The summed E-state index contributed by atoms with van der Waals surface area (Å²) in [6.07, 6.45) is 9.87. The molecule has 226 valence electrons. The summed E-state index contributed by atoms with van der Waals surface area (Å²) in [6, 6.07) is 17.9. The zero-order valence-electron chi connectivity index (χ0n) is 25.2. The maximum atomic E-state index is 13.9. The maximum Gasteiger partial charge on any atom is 0.175 e. The third-order valence-corrected chi connectivity index (χ3v) is 12.7. The summed E-state index contributed by atoms with van der Waals surface area (Å²) >= 11 is 1.34. The van der Waals surface area contributed by atoms with E-state index in [1.165, 1.54) is 22.9 Å². The number of para-hydroxylation sites is 3. The van der Waals surface area contributed by atoms with Crippen LogP contribution >= 0.6 is 11.8 Å². The van der Waals surface area contributed by atoms with E-state index in [0.717, 1.165) is 48.1 Å². The van der Waals surface area contributed by atoms with Crippen LogP contribution in [-0.4, -0.2) is 53.2 Å². The van der Waals surface area contributed by atoms with Crippen LogP contribution in [0.15, 0.2) is 77.6 Å². The molecular formula is C36H38N4O3S. The van der Waals surface area contributed by atoms with Gasteiger partial charge in [0.1, 0.15) is 10.6 Å². The lowest BCUT2D eigenvalue weighted by Gasteiger charge is -2.60. The van der Waals surface area contributed by atoms with Crippen LogP contribution in [0.1, 0.15) is 57.2 Å². The number of Topliss-reactive ketones (excluding diaryl/α,β-unsaturated/α-hetero) is 1. The van der Waals surface area contributed by atoms with Crippen molar-refractivity contribution in [3.8, 4) is 5.69 Å². The number of aliphatic hydroxyl groups excluding tert-OH is 1. The van der Waals surface area contributed by atoms with Crippen molar-refractivity contribution < 1.29 is 15.0 Å². The average Bonchev–Trinajstić information content (AvgIpc) is 3.55. The average molecular weight is 607 g/mol. The van der Waals surface area contributed by atoms with Crippen LogP contribution in [0.2, 0.25) is 0 Å². The summed E-state index contributed by atoms with van der Waals surface area (Å²) in [5.41, 5.74) is 4.10. The van der Waals surface area contributed by atoms with Crippen molar-refractivity contribution in [2.24, 2.45) is 28.6 Å². The molecule has 2 N–H and O–H groups in total. The lowest BCUT2D eigenvalue weighted by molar-refractivity contribution is -0.177. The minimum Gasteiger partial charge on any atom is -0.393 e. The van der Waals surface area contributed by atoms with Gasteiger partial charge in [-0.2, -0.15) is 5.10 Å². The lowest BCUT2D eigenvalue weighted by atomic mass is 9.45. The van der Waals surface area contributed by atoms with E-state index in [0.29, 0.717) is 17.9 Å². The number of fused-ring (bicyclic) bond motifs is 7. The number of ketones is 1. The van der Waals surface area contributed by atoms with Gasteiger partial charge in [0.05, 0.1) is 46.7 Å². The number of hydrogen-bond acceptors (Lipinski definition) is 7. The van der Waals surface area contributed by atoms with Gasteiger partial charge in [-0.1, -0.05) is 61.5 Å². The van der Waals surface area contributed by atoms with Crippen molar-refractivity contribution >= 4 is 34.7 Å². The van der Waals surface area contributed by atoms with Crippen molar-refractivity contribution in [2.75, 3.05) is 5.75 Å². The fourth-order valence-corrected chi connectivity index (χ4v) is 10.5. The van der Waals surface area contributed by atoms with E-state index in [4.69, 9.17) is 5.10 Å². The van der Waals surface area contributed by atoms with E-state index in [2.05, 4.69) is 42.0 Å². The Morgan fingerprint density at radius 3 is 2.64 bits per heavy atom. The standard InChI is InChI=1S/C36H38N4O3S/c1-34-17-22-19-38-40(24-8-4-3-5-9-24)29(22)16-23(34)12-13-25-26-14-15-36(43,35(26,2)18-30(41)33(25)34)31(42)21-44-32-20-37-27-10-6-7-11-28(27)39-32/h3-11,16,19-20,25-26,30,33,41,43H,12-15,17-18,21H2,1-2H3/t25?,26?,30?,33?,34?,35?,36-/m0/s1. The monoisotopic (exact) mass is 606 g/mol. The molecular weight excluding hydrogens is 568 g/mol. The van der Waals surface area contributed by atoms with E-state index in [1.54, 1.807) is 6.20 Å². The summed E-state index contributed by atoms with van der Waals surface area (Å²) in [4.78, 5) is 23.0. The topological polar surface area (TPSA) is 101 Å². The zero-order valence-corrected chi connectivity index (χ0v) is 26.0. The van der Waals surface area contributed by atoms with Gasteiger partial charge in [0.2, 0.25) is 0 Å². The number of carbonyl (C=O) groups is 1. The SMILES string of the molecule is CC12Cc3cnn(-c4ccccc4)c3C=C1CCC1C2C(O)CC2(C)C1CC[C@]2(O)C(=O)CSc1cnc2ccccc2n1. The van der Waals surface area contributed by atoms with Gasteiger partial charge >= 0.3 is 0 Å². The second-order valence-corrected chi connectivity index (χ2v) is 14.9. The first-order valence-electron chi connectivity index (χ1n) is 15.8. The number of rotatable bonds is 5. The zero-order chi connectivity index (χ0) is 30.3. The van der Waals surface area contributed by atoms with E-state index in [9.17, 15) is 15.0 Å². The van der Waals surface area contributed by atoms with Crippen LogP contribution in [-0.2, 0) is 11.2 Å². The number of hydrogen-bond donors (Lipinski definition) is 2. The van der Waals surface area contributed by atoms with Crippen LogP contribution in [0.5, 0.6) is 0 Å². The predicted octanol–water partition coefficient (Wildman–Crippen LogP) is 6.06. The predicted molar refractivity (Wildman–Crippen MR) is 171 cm³/mol. The summed E-state index contributed by atoms with van der Waals surface area (Å²) in [5.74, 6) is 0.480. The molecule has 44 heavy (non-hydrogen) atoms. The van der Waals surface area contributed by atoms with Gasteiger partial charge in [0, 0.05) is 5.41 Å². The quantitative estimate of drug-likeness (QED) is 0.266. The fourth-order valence-electron chi connectivity index (χ4n) is 9.69. The summed E-state index contributed by atoms with van der Waals surface area (Å²) in [6.45, 7) is 4.40. The molecule has 2 heterocycles. The molecule has 0 spiro atoms. The molecule has 0 saturated heterocycles. The summed E-state index contributed by atoms with van der Waals surface area (Å²) in [7, 11) is 0. The normalized spacial score (nSPS) is 34.0. The second kappa shape index (κ2) is 10.1. The van der Waals surface area contributed by atoms with Gasteiger partial charge in [0.15, 0.2) is 5.78 Å². The molecule has 4 aromatic rings. The molecule has 3 fully saturated rings. The molecule has 7 atom stereocenters. The Morgan fingerprint density at radius 1 is 1.05 bits per heavy atom. The third-order valence-electron chi connectivity index (χ3n) is 11.8. The first-order chi connectivity index (χ1) is 21.2. The van der Waals surface area contributed by atoms with E-state index in [1.807, 2.05) is 53.3 Å². The minimum absolute atomic E-state index is 0.0773. The Bertz CT molecular complexity index is 1810. The highest BCUT2D eigenvalue weighted by molar-refractivity contribution is 7.99. The van der Waals surface area contributed by atoms with Crippen LogP contribution in [0.4, 0.5) is 0 Å². The molecule has 0 radical (unpaired) electrons. The summed E-state index contributed by atoms with van der Waals surface area (Å²) < 4.78 is 2.03. The summed E-state index contributed by atoms with van der Waals surface area (Å²) in [5, 5.41) is 29.6. The minimum atomic E-state index is -1.46. The van der Waals surface area contributed by atoms with Gasteiger partial charge < -0.3 is 10.2 Å². The highest BCUT2D eigenvalue weighted by Gasteiger charge is 2.68. The Labute approximate surface area is 261 Å². The maximum absolute atomic E-state index is 13.9. The molecule has 2 aromatic heterocycles. The molecule has 3 saturated carbocycles. The smallest absolute Gasteiger partial charge is 0.175 e. The Kier molecular flexibility index (Phi) is 6.46. The Hall–Kier alpha value is -3.33. The van der Waals surface area contributed by atoms with E-state index >= 15 is 0 Å². The first-order valence-corrected chi connectivity index (χ1v) is 16.8. The number of benzene rings is 2. The number of allylic oxidation sites excluding steroid dienone is 1. The van der Waals surface area contributed by atoms with Crippen molar-refractivity contribution in [1.29, 1.82) is 0 Å². The van der Waals surface area contributed by atoms with Gasteiger partial charge in [-0.3, -0.25) is 9.78 Å². The van der Waals surface area contributed by atoms with Crippen molar-refractivity contribution in [2.45, 2.75) is 69.1 Å².